The lowest BCUT2D eigenvalue weighted by molar-refractivity contribution is -0.137. The number of carbonyl (C=O) groups is 2. The summed E-state index contributed by atoms with van der Waals surface area (Å²) in [5.41, 5.74) is 0.356. The lowest BCUT2D eigenvalue weighted by atomic mass is 10.0. The van der Waals surface area contributed by atoms with E-state index in [2.05, 4.69) is 5.32 Å². The summed E-state index contributed by atoms with van der Waals surface area (Å²) >= 11 is 5.61. The van der Waals surface area contributed by atoms with Crippen LogP contribution in [0.2, 0.25) is 5.02 Å². The van der Waals surface area contributed by atoms with Crippen molar-refractivity contribution in [2.24, 2.45) is 0 Å². The van der Waals surface area contributed by atoms with Gasteiger partial charge in [0.05, 0.1) is 21.8 Å². The van der Waals surface area contributed by atoms with Gasteiger partial charge in [0.15, 0.2) is 0 Å². The molecule has 1 saturated heterocycles. The lowest BCUT2D eigenvalue weighted by Crippen LogP contribution is -2.50. The zero-order chi connectivity index (χ0) is 20.9. The minimum absolute atomic E-state index is 0.0177. The zero-order valence-corrected chi connectivity index (χ0v) is 16.1. The highest BCUT2D eigenvalue weighted by atomic mass is 35.5. The van der Waals surface area contributed by atoms with Crippen molar-refractivity contribution in [1.29, 1.82) is 0 Å². The number of halogens is 4. The Morgan fingerprint density at radius 3 is 2.69 bits per heavy atom. The van der Waals surface area contributed by atoms with Crippen molar-refractivity contribution in [2.45, 2.75) is 25.2 Å². The highest BCUT2D eigenvalue weighted by Gasteiger charge is 2.39. The van der Waals surface area contributed by atoms with Gasteiger partial charge < -0.3 is 15.1 Å². The number of hydrogen-bond donors (Lipinski definition) is 1. The summed E-state index contributed by atoms with van der Waals surface area (Å²) in [5.74, 6) is -0.641. The average molecular weight is 424 g/mol. The maximum Gasteiger partial charge on any atom is 0.417 e. The molecular formula is C20H17ClF3N3O2. The summed E-state index contributed by atoms with van der Waals surface area (Å²) in [5, 5.41) is 2.03. The third kappa shape index (κ3) is 3.42. The molecule has 2 aliphatic heterocycles. The van der Waals surface area contributed by atoms with Gasteiger partial charge in [-0.25, -0.2) is 0 Å². The van der Waals surface area contributed by atoms with Crippen LogP contribution in [0.3, 0.4) is 0 Å². The van der Waals surface area contributed by atoms with Gasteiger partial charge in [-0.3, -0.25) is 9.59 Å². The molecule has 2 aromatic rings. The van der Waals surface area contributed by atoms with Crippen molar-refractivity contribution in [3.63, 3.8) is 0 Å². The first-order valence-corrected chi connectivity index (χ1v) is 9.40. The standard InChI is InChI=1S/C20H17ClF3N3O2/c1-26-16-9-11(4-6-13(16)19(29)27-8-2-3-17(26)27)18(28)25-12-5-7-15(21)14(10-12)20(22,23)24/h4-7,9-10,17H,2-3,8H2,1H3,(H,25,28)/t17-/m0/s1. The van der Waals surface area contributed by atoms with Crippen LogP contribution in [-0.2, 0) is 6.18 Å². The summed E-state index contributed by atoms with van der Waals surface area (Å²) in [6.45, 7) is 0.702. The fourth-order valence-electron chi connectivity index (χ4n) is 3.87. The highest BCUT2D eigenvalue weighted by molar-refractivity contribution is 6.31. The third-order valence-electron chi connectivity index (χ3n) is 5.33. The number of rotatable bonds is 2. The van der Waals surface area contributed by atoms with Gasteiger partial charge in [-0.1, -0.05) is 11.6 Å². The van der Waals surface area contributed by atoms with Crippen molar-refractivity contribution in [2.75, 3.05) is 23.8 Å². The van der Waals surface area contributed by atoms with Gasteiger partial charge >= 0.3 is 6.18 Å². The molecule has 0 radical (unpaired) electrons. The van der Waals surface area contributed by atoms with Crippen LogP contribution in [0.4, 0.5) is 24.5 Å². The smallest absolute Gasteiger partial charge is 0.354 e. The number of amides is 2. The van der Waals surface area contributed by atoms with E-state index < -0.39 is 22.7 Å². The van der Waals surface area contributed by atoms with Crippen LogP contribution in [0.5, 0.6) is 0 Å². The second-order valence-corrected chi connectivity index (χ2v) is 7.52. The Kier molecular flexibility index (Phi) is 4.69. The minimum Gasteiger partial charge on any atom is -0.354 e. The zero-order valence-electron chi connectivity index (χ0n) is 15.4. The molecule has 1 fully saturated rings. The van der Waals surface area contributed by atoms with E-state index in [4.69, 9.17) is 11.6 Å². The molecule has 1 atom stereocenters. The predicted octanol–water partition coefficient (Wildman–Crippen LogP) is 4.62. The Bertz CT molecular complexity index is 1010. The molecule has 0 unspecified atom stereocenters. The Hall–Kier alpha value is -2.74. The average Bonchev–Trinajstić information content (AvgIpc) is 3.16. The molecule has 0 saturated carbocycles. The molecule has 0 aromatic heterocycles. The Labute approximate surface area is 170 Å². The first-order valence-electron chi connectivity index (χ1n) is 9.03. The molecule has 0 spiro atoms. The van der Waals surface area contributed by atoms with Crippen LogP contribution in [-0.4, -0.2) is 36.5 Å². The molecule has 152 valence electrons. The first-order chi connectivity index (χ1) is 13.7. The molecule has 2 aliphatic rings. The number of alkyl halides is 3. The van der Waals surface area contributed by atoms with Gasteiger partial charge in [-0.15, -0.1) is 0 Å². The summed E-state index contributed by atoms with van der Waals surface area (Å²) < 4.78 is 39.1. The Balaban J connectivity index is 1.61. The van der Waals surface area contributed by atoms with Gasteiger partial charge in [0.1, 0.15) is 6.17 Å². The van der Waals surface area contributed by atoms with E-state index in [1.807, 2.05) is 16.8 Å². The summed E-state index contributed by atoms with van der Waals surface area (Å²) in [6, 6.07) is 7.87. The quantitative estimate of drug-likeness (QED) is 0.766. The molecule has 0 bridgehead atoms. The Morgan fingerprint density at radius 1 is 1.21 bits per heavy atom. The van der Waals surface area contributed by atoms with Crippen molar-refractivity contribution in [3.8, 4) is 0 Å². The molecule has 0 aliphatic carbocycles. The van der Waals surface area contributed by atoms with E-state index in [9.17, 15) is 22.8 Å². The predicted molar refractivity (Wildman–Crippen MR) is 103 cm³/mol. The fraction of sp³-hybridized carbons (Fsp3) is 0.300. The molecule has 9 heteroatoms. The van der Waals surface area contributed by atoms with E-state index >= 15 is 0 Å². The van der Waals surface area contributed by atoms with E-state index in [-0.39, 0.29) is 23.3 Å². The van der Waals surface area contributed by atoms with E-state index in [0.29, 0.717) is 17.8 Å². The molecule has 29 heavy (non-hydrogen) atoms. The van der Waals surface area contributed by atoms with Crippen LogP contribution in [0.1, 0.15) is 39.1 Å². The van der Waals surface area contributed by atoms with Crippen molar-refractivity contribution in [1.82, 2.24) is 4.90 Å². The maximum atomic E-state index is 13.0. The fourth-order valence-corrected chi connectivity index (χ4v) is 4.10. The van der Waals surface area contributed by atoms with Crippen LogP contribution < -0.4 is 10.2 Å². The van der Waals surface area contributed by atoms with Crippen molar-refractivity contribution >= 4 is 34.8 Å². The van der Waals surface area contributed by atoms with Crippen LogP contribution in [0.25, 0.3) is 0 Å². The molecule has 2 aromatic carbocycles. The maximum absolute atomic E-state index is 13.0. The number of benzene rings is 2. The molecule has 2 amide bonds. The summed E-state index contributed by atoms with van der Waals surface area (Å²) in [6.07, 6.45) is -2.90. The number of fused-ring (bicyclic) bond motifs is 2. The number of nitrogens with one attached hydrogen (secondary N) is 1. The largest absolute Gasteiger partial charge is 0.417 e. The van der Waals surface area contributed by atoms with Gasteiger partial charge in [0.25, 0.3) is 11.8 Å². The second-order valence-electron chi connectivity index (χ2n) is 7.11. The molecule has 1 N–H and O–H groups in total. The summed E-state index contributed by atoms with van der Waals surface area (Å²) in [7, 11) is 1.87. The summed E-state index contributed by atoms with van der Waals surface area (Å²) in [4.78, 5) is 29.1. The van der Waals surface area contributed by atoms with Gasteiger partial charge in [0.2, 0.25) is 0 Å². The highest BCUT2D eigenvalue weighted by Crippen LogP contribution is 2.37. The number of hydrogen-bond acceptors (Lipinski definition) is 3. The number of carbonyl (C=O) groups excluding carboxylic acids is 2. The topological polar surface area (TPSA) is 52.7 Å². The molecule has 4 rings (SSSR count). The first kappa shape index (κ1) is 19.6. The lowest BCUT2D eigenvalue weighted by Gasteiger charge is -2.40. The Morgan fingerprint density at radius 2 is 1.97 bits per heavy atom. The molecule has 5 nitrogen and oxygen atoms in total. The van der Waals surface area contributed by atoms with Crippen LogP contribution in [0.15, 0.2) is 36.4 Å². The number of anilines is 2. The second kappa shape index (κ2) is 6.95. The van der Waals surface area contributed by atoms with Gasteiger partial charge in [-0.05, 0) is 49.2 Å². The van der Waals surface area contributed by atoms with Crippen LogP contribution in [0, 0.1) is 0 Å². The van der Waals surface area contributed by atoms with E-state index in [0.717, 1.165) is 25.0 Å². The number of nitrogens with zero attached hydrogens (tertiary/aromatic N) is 2. The van der Waals surface area contributed by atoms with Gasteiger partial charge in [0, 0.05) is 24.8 Å². The SMILES string of the molecule is CN1c2cc(C(=O)Nc3ccc(Cl)c(C(F)(F)F)c3)ccc2C(=O)N2CCC[C@H]21. The minimum atomic E-state index is -4.63. The van der Waals surface area contributed by atoms with E-state index in [1.54, 1.807) is 12.1 Å². The van der Waals surface area contributed by atoms with Crippen molar-refractivity contribution < 1.29 is 22.8 Å². The van der Waals surface area contributed by atoms with Crippen LogP contribution >= 0.6 is 11.6 Å². The molecular weight excluding hydrogens is 407 g/mol. The normalized spacial score (nSPS) is 18.5. The van der Waals surface area contributed by atoms with Gasteiger partial charge in [-0.2, -0.15) is 13.2 Å². The monoisotopic (exact) mass is 423 g/mol. The van der Waals surface area contributed by atoms with Crippen molar-refractivity contribution in [3.05, 3.63) is 58.1 Å². The molecule has 2 heterocycles. The van der Waals surface area contributed by atoms with E-state index in [1.165, 1.54) is 12.1 Å². The third-order valence-corrected chi connectivity index (χ3v) is 5.66.